The lowest BCUT2D eigenvalue weighted by Crippen LogP contribution is -2.31. The zero-order chi connectivity index (χ0) is 25.1. The summed E-state index contributed by atoms with van der Waals surface area (Å²) in [5.74, 6) is -0.238. The van der Waals surface area contributed by atoms with Gasteiger partial charge in [0.1, 0.15) is 24.3 Å². The molecule has 0 radical (unpaired) electrons. The number of carbonyl (C=O) groups excluding carboxylic acids is 1. The number of anilines is 2. The van der Waals surface area contributed by atoms with E-state index < -0.39 is 6.10 Å². The van der Waals surface area contributed by atoms with Crippen molar-refractivity contribution in [3.63, 3.8) is 0 Å². The number of aldehydes is 1. The molecule has 1 aliphatic rings. The highest BCUT2D eigenvalue weighted by Crippen LogP contribution is 2.34. The number of nitrogens with zero attached hydrogens (tertiary/aromatic N) is 2. The SMILES string of the molecule is CC.CNc1ccc(C#N)c(Cl)c1.O=CC(O)CN1CCc2cc(F)c(-c3ccccc3)cc21. The first-order chi connectivity index (χ1) is 16.5. The Hall–Kier alpha value is -3.40. The molecule has 4 rings (SSSR count). The van der Waals surface area contributed by atoms with E-state index in [0.29, 0.717) is 29.0 Å². The average Bonchev–Trinajstić information content (AvgIpc) is 3.26. The van der Waals surface area contributed by atoms with Gasteiger partial charge in [-0.2, -0.15) is 5.26 Å². The van der Waals surface area contributed by atoms with Gasteiger partial charge in [-0.15, -0.1) is 0 Å². The van der Waals surface area contributed by atoms with Gasteiger partial charge in [0.05, 0.1) is 17.1 Å². The van der Waals surface area contributed by atoms with Crippen molar-refractivity contribution in [3.8, 4) is 17.2 Å². The van der Waals surface area contributed by atoms with Crippen molar-refractivity contribution in [3.05, 3.63) is 82.6 Å². The van der Waals surface area contributed by atoms with Gasteiger partial charge in [-0.3, -0.25) is 0 Å². The van der Waals surface area contributed by atoms with Crippen molar-refractivity contribution in [2.45, 2.75) is 26.4 Å². The first-order valence-corrected chi connectivity index (χ1v) is 11.5. The molecule has 0 aliphatic carbocycles. The summed E-state index contributed by atoms with van der Waals surface area (Å²) in [6.45, 7) is 4.94. The van der Waals surface area contributed by atoms with Crippen molar-refractivity contribution < 1.29 is 14.3 Å². The molecule has 0 amide bonds. The third-order valence-corrected chi connectivity index (χ3v) is 5.50. The molecular formula is C27H29ClFN3O2. The maximum atomic E-state index is 14.3. The maximum Gasteiger partial charge on any atom is 0.150 e. The molecule has 0 fully saturated rings. The Morgan fingerprint density at radius 1 is 1.21 bits per heavy atom. The van der Waals surface area contributed by atoms with E-state index in [0.717, 1.165) is 28.9 Å². The predicted molar refractivity (Wildman–Crippen MR) is 137 cm³/mol. The minimum Gasteiger partial charge on any atom is -0.388 e. The number of nitriles is 1. The second kappa shape index (κ2) is 13.3. The number of hydrogen-bond acceptors (Lipinski definition) is 5. The Morgan fingerprint density at radius 3 is 2.50 bits per heavy atom. The molecule has 3 aromatic rings. The highest BCUT2D eigenvalue weighted by molar-refractivity contribution is 6.32. The van der Waals surface area contributed by atoms with Crippen LogP contribution < -0.4 is 10.2 Å². The number of carbonyl (C=O) groups is 1. The molecule has 7 heteroatoms. The van der Waals surface area contributed by atoms with E-state index in [1.165, 1.54) is 0 Å². The van der Waals surface area contributed by atoms with E-state index >= 15 is 0 Å². The van der Waals surface area contributed by atoms with Crippen molar-refractivity contribution in [1.29, 1.82) is 5.26 Å². The van der Waals surface area contributed by atoms with Crippen molar-refractivity contribution in [2.24, 2.45) is 0 Å². The summed E-state index contributed by atoms with van der Waals surface area (Å²) in [5.41, 5.74) is 4.60. The lowest BCUT2D eigenvalue weighted by atomic mass is 10.0. The van der Waals surface area contributed by atoms with E-state index in [4.69, 9.17) is 16.9 Å². The van der Waals surface area contributed by atoms with E-state index in [1.54, 1.807) is 25.2 Å². The lowest BCUT2D eigenvalue weighted by molar-refractivity contribution is -0.114. The Labute approximate surface area is 205 Å². The number of hydrogen-bond donors (Lipinski definition) is 2. The Bertz CT molecular complexity index is 1130. The molecule has 1 atom stereocenters. The normalized spacial score (nSPS) is 12.2. The summed E-state index contributed by atoms with van der Waals surface area (Å²) < 4.78 is 14.3. The van der Waals surface area contributed by atoms with Crippen LogP contribution in [0.3, 0.4) is 0 Å². The number of aliphatic hydroxyl groups excluding tert-OH is 1. The van der Waals surface area contributed by atoms with Crippen LogP contribution in [0.4, 0.5) is 15.8 Å². The van der Waals surface area contributed by atoms with Gasteiger partial charge in [-0.25, -0.2) is 4.39 Å². The summed E-state index contributed by atoms with van der Waals surface area (Å²) in [6, 6.07) is 19.9. The van der Waals surface area contributed by atoms with Crippen molar-refractivity contribution in [1.82, 2.24) is 0 Å². The third kappa shape index (κ3) is 6.80. The van der Waals surface area contributed by atoms with E-state index in [2.05, 4.69) is 5.32 Å². The largest absolute Gasteiger partial charge is 0.388 e. The predicted octanol–water partition coefficient (Wildman–Crippen LogP) is 5.69. The monoisotopic (exact) mass is 481 g/mol. The third-order valence-electron chi connectivity index (χ3n) is 5.19. The van der Waals surface area contributed by atoms with Crippen LogP contribution in [0.1, 0.15) is 25.0 Å². The molecule has 178 valence electrons. The fourth-order valence-corrected chi connectivity index (χ4v) is 3.75. The van der Waals surface area contributed by atoms with Crippen LogP contribution in [-0.2, 0) is 11.2 Å². The highest BCUT2D eigenvalue weighted by atomic mass is 35.5. The second-order valence-corrected chi connectivity index (χ2v) is 7.69. The fraction of sp³-hybridized carbons (Fsp3) is 0.259. The van der Waals surface area contributed by atoms with E-state index in [9.17, 15) is 14.3 Å². The molecule has 34 heavy (non-hydrogen) atoms. The molecule has 2 N–H and O–H groups in total. The molecule has 1 unspecified atom stereocenters. The van der Waals surface area contributed by atoms with Crippen LogP contribution in [0, 0.1) is 17.1 Å². The topological polar surface area (TPSA) is 76.4 Å². The number of benzene rings is 3. The zero-order valence-electron chi connectivity index (χ0n) is 19.6. The number of nitrogens with one attached hydrogen (secondary N) is 1. The number of fused-ring (bicyclic) bond motifs is 1. The minimum atomic E-state index is -1.01. The van der Waals surface area contributed by atoms with Crippen LogP contribution in [0.25, 0.3) is 11.1 Å². The Balaban J connectivity index is 0.000000266. The van der Waals surface area contributed by atoms with Crippen LogP contribution >= 0.6 is 11.6 Å². The van der Waals surface area contributed by atoms with Gasteiger partial charge < -0.3 is 20.1 Å². The fourth-order valence-electron chi connectivity index (χ4n) is 3.53. The Kier molecular flexibility index (Phi) is 10.5. The molecule has 0 spiro atoms. The molecule has 0 aromatic heterocycles. The van der Waals surface area contributed by atoms with Crippen LogP contribution in [0.2, 0.25) is 5.02 Å². The molecule has 1 aliphatic heterocycles. The molecular weight excluding hydrogens is 453 g/mol. The van der Waals surface area contributed by atoms with Crippen molar-refractivity contribution >= 4 is 29.3 Å². The highest BCUT2D eigenvalue weighted by Gasteiger charge is 2.23. The summed E-state index contributed by atoms with van der Waals surface area (Å²) in [5, 5.41) is 21.4. The summed E-state index contributed by atoms with van der Waals surface area (Å²) in [6.07, 6.45) is 0.244. The van der Waals surface area contributed by atoms with Gasteiger partial charge >= 0.3 is 0 Å². The minimum absolute atomic E-state index is 0.238. The van der Waals surface area contributed by atoms with Gasteiger partial charge in [-0.1, -0.05) is 55.8 Å². The first kappa shape index (κ1) is 26.8. The number of rotatable bonds is 5. The molecule has 0 bridgehead atoms. The van der Waals surface area contributed by atoms with E-state index in [-0.39, 0.29) is 12.4 Å². The van der Waals surface area contributed by atoms with Gasteiger partial charge in [0.15, 0.2) is 0 Å². The van der Waals surface area contributed by atoms with Gasteiger partial charge in [-0.05, 0) is 47.9 Å². The molecule has 5 nitrogen and oxygen atoms in total. The van der Waals surface area contributed by atoms with Gasteiger partial charge in [0.2, 0.25) is 0 Å². The number of aliphatic hydroxyl groups is 1. The molecule has 3 aromatic carbocycles. The molecule has 0 saturated heterocycles. The zero-order valence-corrected chi connectivity index (χ0v) is 20.3. The smallest absolute Gasteiger partial charge is 0.150 e. The average molecular weight is 482 g/mol. The van der Waals surface area contributed by atoms with Crippen LogP contribution in [0.5, 0.6) is 0 Å². The first-order valence-electron chi connectivity index (χ1n) is 11.1. The lowest BCUT2D eigenvalue weighted by Gasteiger charge is -2.21. The summed E-state index contributed by atoms with van der Waals surface area (Å²) in [4.78, 5) is 12.5. The summed E-state index contributed by atoms with van der Waals surface area (Å²) >= 11 is 5.75. The maximum absolute atomic E-state index is 14.3. The van der Waals surface area contributed by atoms with Gasteiger partial charge in [0.25, 0.3) is 0 Å². The summed E-state index contributed by atoms with van der Waals surface area (Å²) in [7, 11) is 1.80. The van der Waals surface area contributed by atoms with E-state index in [1.807, 2.05) is 67.3 Å². The Morgan fingerprint density at radius 2 is 1.91 bits per heavy atom. The quantitative estimate of drug-likeness (QED) is 0.457. The van der Waals surface area contributed by atoms with Crippen LogP contribution in [0.15, 0.2) is 60.7 Å². The standard InChI is InChI=1S/C17H16FNO2.C8H7ClN2.C2H6/c18-16-8-13-6-7-19(10-14(21)11-20)17(13)9-15(16)12-4-2-1-3-5-12;1-11-7-3-2-6(5-10)8(9)4-7;1-2/h1-5,8-9,11,14,21H,6-7,10H2;2-4,11H,1H3;1-2H3. The van der Waals surface area contributed by atoms with Crippen molar-refractivity contribution in [2.75, 3.05) is 30.4 Å². The number of β-amino-alcohol motifs (C(OH)–C–C–N with tert-alkyl or cyclic N) is 1. The number of halogens is 2. The molecule has 1 heterocycles. The van der Waals surface area contributed by atoms with Gasteiger partial charge in [0, 0.05) is 30.5 Å². The van der Waals surface area contributed by atoms with Crippen LogP contribution in [-0.4, -0.2) is 37.6 Å². The molecule has 0 saturated carbocycles. The second-order valence-electron chi connectivity index (χ2n) is 7.28.